The predicted molar refractivity (Wildman–Crippen MR) is 81.2 cm³/mol. The first-order chi connectivity index (χ1) is 11.3. The summed E-state index contributed by atoms with van der Waals surface area (Å²) in [5.74, 6) is -7.20. The van der Waals surface area contributed by atoms with Gasteiger partial charge in [0.2, 0.25) is 11.4 Å². The van der Waals surface area contributed by atoms with Crippen LogP contribution in [0.3, 0.4) is 0 Å². The van der Waals surface area contributed by atoms with Gasteiger partial charge in [-0.05, 0) is 18.2 Å². The lowest BCUT2D eigenvalue weighted by Crippen LogP contribution is -2.55. The molecule has 0 bridgehead atoms. The van der Waals surface area contributed by atoms with Crippen molar-refractivity contribution in [1.82, 2.24) is 0 Å². The van der Waals surface area contributed by atoms with Crippen molar-refractivity contribution in [2.24, 2.45) is 0 Å². The van der Waals surface area contributed by atoms with Crippen LogP contribution in [0.1, 0.15) is 15.9 Å². The summed E-state index contributed by atoms with van der Waals surface area (Å²) < 4.78 is 34.7. The number of anilines is 1. The molecular formula is C17H13F2NO4. The number of fused-ring (bicyclic) bond motifs is 1. The number of nitrogens with one attached hydrogen (secondary N) is 1. The normalized spacial score (nSPS) is 19.6. The first kappa shape index (κ1) is 16.1. The maximum absolute atomic E-state index is 14.9. The van der Waals surface area contributed by atoms with Crippen molar-refractivity contribution in [3.05, 3.63) is 59.7 Å². The van der Waals surface area contributed by atoms with E-state index >= 15 is 0 Å². The first-order valence-electron chi connectivity index (χ1n) is 7.02. The molecule has 0 spiro atoms. The SMILES string of the molecule is COc1ccc2c(c1)[C@@](O)(C(F)(F)C(=O)c1ccccc1)C(=O)N2. The Balaban J connectivity index is 2.13. The fourth-order valence-corrected chi connectivity index (χ4v) is 2.64. The zero-order valence-corrected chi connectivity index (χ0v) is 12.5. The van der Waals surface area contributed by atoms with Crippen LogP contribution in [0.15, 0.2) is 48.5 Å². The summed E-state index contributed by atoms with van der Waals surface area (Å²) in [6.45, 7) is 0. The van der Waals surface area contributed by atoms with Crippen LogP contribution in [0.2, 0.25) is 0 Å². The Hall–Kier alpha value is -2.80. The summed E-state index contributed by atoms with van der Waals surface area (Å²) in [7, 11) is 1.32. The summed E-state index contributed by atoms with van der Waals surface area (Å²) in [5, 5.41) is 12.7. The standard InChI is InChI=1S/C17H13F2NO4/c1-24-11-7-8-13-12(9-11)16(23,15(22)20-13)17(18,19)14(21)10-5-3-2-4-6-10/h2-9,23H,1H3,(H,20,22)/t16-/m0/s1. The van der Waals surface area contributed by atoms with Crippen molar-refractivity contribution in [2.45, 2.75) is 11.5 Å². The summed E-state index contributed by atoms with van der Waals surface area (Å²) in [6, 6.07) is 10.7. The van der Waals surface area contributed by atoms with E-state index in [-0.39, 0.29) is 17.0 Å². The molecule has 2 aromatic carbocycles. The largest absolute Gasteiger partial charge is 0.497 e. The van der Waals surface area contributed by atoms with Crippen molar-refractivity contribution in [3.8, 4) is 5.75 Å². The van der Waals surface area contributed by atoms with E-state index in [0.717, 1.165) is 6.07 Å². The van der Waals surface area contributed by atoms with Gasteiger partial charge in [0.05, 0.1) is 7.11 Å². The lowest BCUT2D eigenvalue weighted by atomic mass is 9.84. The Morgan fingerprint density at radius 1 is 1.21 bits per heavy atom. The lowest BCUT2D eigenvalue weighted by molar-refractivity contribution is -0.171. The average molecular weight is 333 g/mol. The van der Waals surface area contributed by atoms with Crippen LogP contribution in [0.25, 0.3) is 0 Å². The highest BCUT2D eigenvalue weighted by Crippen LogP contribution is 2.48. The number of rotatable bonds is 4. The molecule has 7 heteroatoms. The predicted octanol–water partition coefficient (Wildman–Crippen LogP) is 2.35. The summed E-state index contributed by atoms with van der Waals surface area (Å²) in [5.41, 5.74) is -4.02. The minimum Gasteiger partial charge on any atom is -0.497 e. The number of ether oxygens (including phenoxy) is 1. The van der Waals surface area contributed by atoms with Crippen LogP contribution in [-0.2, 0) is 10.4 Å². The molecule has 0 saturated heterocycles. The number of methoxy groups -OCH3 is 1. The van der Waals surface area contributed by atoms with Gasteiger partial charge in [-0.25, -0.2) is 0 Å². The summed E-state index contributed by atoms with van der Waals surface area (Å²) in [4.78, 5) is 24.3. The third-order valence-electron chi connectivity index (χ3n) is 3.97. The number of halogens is 2. The molecule has 0 aromatic heterocycles. The molecule has 1 aliphatic heterocycles. The molecule has 0 saturated carbocycles. The molecule has 0 unspecified atom stereocenters. The molecule has 5 nitrogen and oxygen atoms in total. The lowest BCUT2D eigenvalue weighted by Gasteiger charge is -2.29. The van der Waals surface area contributed by atoms with Crippen molar-refractivity contribution in [1.29, 1.82) is 0 Å². The molecule has 2 aromatic rings. The van der Waals surface area contributed by atoms with E-state index < -0.39 is 28.8 Å². The van der Waals surface area contributed by atoms with Gasteiger partial charge in [-0.2, -0.15) is 8.78 Å². The quantitative estimate of drug-likeness (QED) is 0.842. The molecule has 1 atom stereocenters. The van der Waals surface area contributed by atoms with Crippen LogP contribution in [-0.4, -0.2) is 29.8 Å². The van der Waals surface area contributed by atoms with E-state index in [0.29, 0.717) is 0 Å². The van der Waals surface area contributed by atoms with Gasteiger partial charge in [-0.15, -0.1) is 0 Å². The minimum absolute atomic E-state index is 0.00355. The van der Waals surface area contributed by atoms with Gasteiger partial charge >= 0.3 is 5.92 Å². The second kappa shape index (κ2) is 5.38. The van der Waals surface area contributed by atoms with Gasteiger partial charge in [0.1, 0.15) is 5.75 Å². The zero-order valence-electron chi connectivity index (χ0n) is 12.5. The fraction of sp³-hybridized carbons (Fsp3) is 0.176. The molecule has 24 heavy (non-hydrogen) atoms. The van der Waals surface area contributed by atoms with Crippen LogP contribution in [0, 0.1) is 0 Å². The molecule has 0 radical (unpaired) electrons. The van der Waals surface area contributed by atoms with Crippen molar-refractivity contribution in [2.75, 3.05) is 12.4 Å². The van der Waals surface area contributed by atoms with Crippen LogP contribution < -0.4 is 10.1 Å². The highest BCUT2D eigenvalue weighted by Gasteiger charge is 2.67. The molecule has 2 N–H and O–H groups in total. The second-order valence-electron chi connectivity index (χ2n) is 5.35. The number of hydrogen-bond donors (Lipinski definition) is 2. The molecular weight excluding hydrogens is 320 g/mol. The third-order valence-corrected chi connectivity index (χ3v) is 3.97. The summed E-state index contributed by atoms with van der Waals surface area (Å²) >= 11 is 0. The number of ketones is 1. The maximum Gasteiger partial charge on any atom is 0.351 e. The number of carbonyl (C=O) groups is 2. The number of alkyl halides is 2. The number of benzene rings is 2. The van der Waals surface area contributed by atoms with E-state index in [4.69, 9.17) is 4.74 Å². The topological polar surface area (TPSA) is 75.6 Å². The second-order valence-corrected chi connectivity index (χ2v) is 5.35. The molecule has 1 heterocycles. The maximum atomic E-state index is 14.9. The van der Waals surface area contributed by atoms with Crippen molar-refractivity contribution >= 4 is 17.4 Å². The number of hydrogen-bond acceptors (Lipinski definition) is 4. The van der Waals surface area contributed by atoms with Crippen molar-refractivity contribution < 1.29 is 28.2 Å². The summed E-state index contributed by atoms with van der Waals surface area (Å²) in [6.07, 6.45) is 0. The van der Waals surface area contributed by atoms with E-state index in [1.54, 1.807) is 6.07 Å². The number of carbonyl (C=O) groups excluding carboxylic acids is 2. The number of Topliss-reactive ketones (excluding diaryl/α,β-unsaturated/α-hetero) is 1. The van der Waals surface area contributed by atoms with Crippen LogP contribution >= 0.6 is 0 Å². The molecule has 3 rings (SSSR count). The Morgan fingerprint density at radius 3 is 2.50 bits per heavy atom. The molecule has 1 aliphatic rings. The minimum atomic E-state index is -4.37. The molecule has 124 valence electrons. The molecule has 0 fully saturated rings. The Bertz CT molecular complexity index is 823. The van der Waals surface area contributed by atoms with Crippen LogP contribution in [0.4, 0.5) is 14.5 Å². The van der Waals surface area contributed by atoms with E-state index in [1.165, 1.54) is 43.5 Å². The van der Waals surface area contributed by atoms with Gasteiger partial charge in [-0.3, -0.25) is 9.59 Å². The van der Waals surface area contributed by atoms with Gasteiger partial charge < -0.3 is 15.2 Å². The Labute approximate surface area is 135 Å². The highest BCUT2D eigenvalue weighted by molar-refractivity contribution is 6.13. The average Bonchev–Trinajstić information content (AvgIpc) is 2.86. The zero-order chi connectivity index (χ0) is 17.5. The Kier molecular flexibility index (Phi) is 3.60. The fourth-order valence-electron chi connectivity index (χ4n) is 2.64. The Morgan fingerprint density at radius 2 is 1.88 bits per heavy atom. The van der Waals surface area contributed by atoms with Gasteiger partial charge in [0.15, 0.2) is 0 Å². The van der Waals surface area contributed by atoms with Gasteiger partial charge in [-0.1, -0.05) is 30.3 Å². The molecule has 1 amide bonds. The number of aliphatic hydroxyl groups is 1. The van der Waals surface area contributed by atoms with E-state index in [1.807, 2.05) is 0 Å². The van der Waals surface area contributed by atoms with E-state index in [9.17, 15) is 23.5 Å². The monoisotopic (exact) mass is 333 g/mol. The highest BCUT2D eigenvalue weighted by atomic mass is 19.3. The van der Waals surface area contributed by atoms with Crippen LogP contribution in [0.5, 0.6) is 5.75 Å². The van der Waals surface area contributed by atoms with Gasteiger partial charge in [0, 0.05) is 16.8 Å². The third kappa shape index (κ3) is 2.09. The molecule has 0 aliphatic carbocycles. The van der Waals surface area contributed by atoms with Gasteiger partial charge in [0.25, 0.3) is 5.91 Å². The van der Waals surface area contributed by atoms with Crippen molar-refractivity contribution in [3.63, 3.8) is 0 Å². The van der Waals surface area contributed by atoms with E-state index in [2.05, 4.69) is 5.32 Å². The number of amides is 1. The smallest absolute Gasteiger partial charge is 0.351 e. The first-order valence-corrected chi connectivity index (χ1v) is 7.02.